The Kier molecular flexibility index (Phi) is 7.97. The van der Waals surface area contributed by atoms with Gasteiger partial charge in [0.1, 0.15) is 6.29 Å². The summed E-state index contributed by atoms with van der Waals surface area (Å²) in [6, 6.07) is 0.239. The van der Waals surface area contributed by atoms with Crippen molar-refractivity contribution in [2.45, 2.75) is 38.6 Å². The van der Waals surface area contributed by atoms with E-state index in [9.17, 15) is 4.79 Å². The van der Waals surface area contributed by atoms with Gasteiger partial charge in [0.05, 0.1) is 17.6 Å². The first-order chi connectivity index (χ1) is 11.2. The number of hydrogen-bond acceptors (Lipinski definition) is 6. The maximum absolute atomic E-state index is 10.9. The van der Waals surface area contributed by atoms with Gasteiger partial charge in [-0.3, -0.25) is 0 Å². The zero-order valence-electron chi connectivity index (χ0n) is 13.8. The summed E-state index contributed by atoms with van der Waals surface area (Å²) >= 11 is 0. The number of allylic oxidation sites excluding steroid dienone is 3. The van der Waals surface area contributed by atoms with Crippen molar-refractivity contribution in [3.05, 3.63) is 30.6 Å². The quantitative estimate of drug-likeness (QED) is 0.569. The van der Waals surface area contributed by atoms with Gasteiger partial charge in [0.2, 0.25) is 5.95 Å². The molecule has 1 aliphatic carbocycles. The molecule has 1 saturated carbocycles. The molecule has 1 aliphatic rings. The average molecular weight is 318 g/mol. The van der Waals surface area contributed by atoms with Gasteiger partial charge < -0.3 is 21.0 Å². The maximum atomic E-state index is 10.9. The summed E-state index contributed by atoms with van der Waals surface area (Å²) in [6.45, 7) is 5.69. The fourth-order valence-electron chi connectivity index (χ4n) is 2.71. The van der Waals surface area contributed by atoms with Crippen molar-refractivity contribution in [1.82, 2.24) is 9.97 Å². The van der Waals surface area contributed by atoms with E-state index in [1.54, 1.807) is 12.3 Å². The molecule has 23 heavy (non-hydrogen) atoms. The minimum atomic E-state index is 0.142. The first-order valence-corrected chi connectivity index (χ1v) is 7.76. The van der Waals surface area contributed by atoms with Crippen molar-refractivity contribution in [2.75, 3.05) is 18.2 Å². The van der Waals surface area contributed by atoms with Crippen LogP contribution in [0.25, 0.3) is 5.57 Å². The molecule has 0 aromatic carbocycles. The molecular formula is C17H26N4O2. The van der Waals surface area contributed by atoms with Gasteiger partial charge >= 0.3 is 0 Å². The average Bonchev–Trinajstić information content (AvgIpc) is 2.60. The second-order valence-corrected chi connectivity index (χ2v) is 5.35. The number of nitrogens with zero attached hydrogens (tertiary/aromatic N) is 2. The van der Waals surface area contributed by atoms with E-state index in [0.29, 0.717) is 17.3 Å². The molecule has 0 amide bonds. The van der Waals surface area contributed by atoms with Gasteiger partial charge in [-0.05, 0) is 31.8 Å². The SMILES string of the molecule is C=C/C(=C\C)c1nc(NC2CCCC(C=O)C2)ncc1N.CO. The molecule has 1 aromatic rings. The number of nitrogens with two attached hydrogens (primary N) is 1. The standard InChI is InChI=1S/C16H22N4O.CH4O/c1-3-12(4-2)15-14(17)9-18-16(20-15)19-13-7-5-6-11(8-13)10-21;1-2/h3-4,9-11,13H,1,5-8,17H2,2H3,(H,18,19,20);2H,1H3/b12-4+;. The highest BCUT2D eigenvalue weighted by atomic mass is 16.2. The highest BCUT2D eigenvalue weighted by Gasteiger charge is 2.22. The smallest absolute Gasteiger partial charge is 0.223 e. The van der Waals surface area contributed by atoms with Crippen molar-refractivity contribution in [3.8, 4) is 0 Å². The van der Waals surface area contributed by atoms with Crippen molar-refractivity contribution in [3.63, 3.8) is 0 Å². The van der Waals surface area contributed by atoms with Crippen LogP contribution in [0.15, 0.2) is 24.9 Å². The number of carbonyl (C=O) groups is 1. The van der Waals surface area contributed by atoms with E-state index in [4.69, 9.17) is 10.8 Å². The van der Waals surface area contributed by atoms with Gasteiger partial charge in [0.25, 0.3) is 0 Å². The largest absolute Gasteiger partial charge is 0.400 e. The summed E-state index contributed by atoms with van der Waals surface area (Å²) in [7, 11) is 1.00. The van der Waals surface area contributed by atoms with Crippen molar-refractivity contribution in [2.24, 2.45) is 5.92 Å². The van der Waals surface area contributed by atoms with Gasteiger partial charge in [-0.1, -0.05) is 25.2 Å². The lowest BCUT2D eigenvalue weighted by molar-refractivity contribution is -0.111. The van der Waals surface area contributed by atoms with Crippen molar-refractivity contribution in [1.29, 1.82) is 0 Å². The minimum absolute atomic E-state index is 0.142. The van der Waals surface area contributed by atoms with Crippen LogP contribution < -0.4 is 11.1 Å². The first-order valence-electron chi connectivity index (χ1n) is 7.76. The Balaban J connectivity index is 0.00000127. The second-order valence-electron chi connectivity index (χ2n) is 5.35. The lowest BCUT2D eigenvalue weighted by Gasteiger charge is -2.26. The van der Waals surface area contributed by atoms with Crippen LogP contribution in [0.4, 0.5) is 11.6 Å². The van der Waals surface area contributed by atoms with Crippen LogP contribution >= 0.6 is 0 Å². The van der Waals surface area contributed by atoms with E-state index in [1.807, 2.05) is 13.0 Å². The Morgan fingerprint density at radius 3 is 2.83 bits per heavy atom. The van der Waals surface area contributed by atoms with Crippen LogP contribution in [0.2, 0.25) is 0 Å². The number of nitrogens with one attached hydrogen (secondary N) is 1. The van der Waals surface area contributed by atoms with Crippen molar-refractivity contribution >= 4 is 23.5 Å². The number of hydrogen-bond donors (Lipinski definition) is 3. The number of anilines is 2. The fraction of sp³-hybridized carbons (Fsp3) is 0.471. The molecule has 0 bridgehead atoms. The number of nitrogen functional groups attached to an aromatic ring is 1. The molecule has 2 rings (SSSR count). The topological polar surface area (TPSA) is 101 Å². The Hall–Kier alpha value is -2.21. The normalized spacial score (nSPS) is 20.9. The summed E-state index contributed by atoms with van der Waals surface area (Å²) < 4.78 is 0. The van der Waals surface area contributed by atoms with Crippen LogP contribution in [-0.4, -0.2) is 34.5 Å². The molecule has 0 aliphatic heterocycles. The van der Waals surface area contributed by atoms with Crippen molar-refractivity contribution < 1.29 is 9.90 Å². The van der Waals surface area contributed by atoms with E-state index < -0.39 is 0 Å². The van der Waals surface area contributed by atoms with Crippen LogP contribution in [0.1, 0.15) is 38.3 Å². The molecule has 1 aromatic heterocycles. The van der Waals surface area contributed by atoms with E-state index in [0.717, 1.165) is 44.7 Å². The zero-order valence-corrected chi connectivity index (χ0v) is 13.8. The van der Waals surface area contributed by atoms with Crippen LogP contribution in [0.5, 0.6) is 0 Å². The number of aliphatic hydroxyl groups is 1. The molecule has 1 fully saturated rings. The summed E-state index contributed by atoms with van der Waals surface area (Å²) in [5.74, 6) is 0.695. The summed E-state index contributed by atoms with van der Waals surface area (Å²) in [6.07, 6.45) is 10.2. The molecular weight excluding hydrogens is 292 g/mol. The number of aldehydes is 1. The van der Waals surface area contributed by atoms with E-state index >= 15 is 0 Å². The highest BCUT2D eigenvalue weighted by Crippen LogP contribution is 2.26. The number of aliphatic hydroxyl groups excluding tert-OH is 1. The molecule has 2 unspecified atom stereocenters. The van der Waals surface area contributed by atoms with Gasteiger partial charge in [-0.15, -0.1) is 0 Å². The number of rotatable bonds is 5. The Bertz CT molecular complexity index is 558. The molecule has 2 atom stereocenters. The molecule has 0 saturated heterocycles. The predicted octanol–water partition coefficient (Wildman–Crippen LogP) is 2.43. The van der Waals surface area contributed by atoms with Gasteiger partial charge in [-0.2, -0.15) is 0 Å². The Labute approximate surface area is 137 Å². The van der Waals surface area contributed by atoms with Gasteiger partial charge in [-0.25, -0.2) is 9.97 Å². The lowest BCUT2D eigenvalue weighted by Crippen LogP contribution is -2.28. The minimum Gasteiger partial charge on any atom is -0.400 e. The number of aromatic nitrogens is 2. The molecule has 6 heteroatoms. The van der Waals surface area contributed by atoms with E-state index in [1.165, 1.54) is 0 Å². The molecule has 126 valence electrons. The summed E-state index contributed by atoms with van der Waals surface area (Å²) in [5, 5.41) is 10.3. The molecule has 6 nitrogen and oxygen atoms in total. The zero-order chi connectivity index (χ0) is 17.2. The molecule has 1 heterocycles. The third kappa shape index (κ3) is 5.17. The number of carbonyl (C=O) groups excluding carboxylic acids is 1. The van der Waals surface area contributed by atoms with E-state index in [-0.39, 0.29) is 12.0 Å². The van der Waals surface area contributed by atoms with E-state index in [2.05, 4.69) is 21.9 Å². The lowest BCUT2D eigenvalue weighted by atomic mass is 9.87. The van der Waals surface area contributed by atoms with Gasteiger partial charge in [0, 0.05) is 19.1 Å². The third-order valence-electron chi connectivity index (χ3n) is 3.86. The fourth-order valence-corrected chi connectivity index (χ4v) is 2.71. The van der Waals surface area contributed by atoms with Crippen LogP contribution in [0, 0.1) is 5.92 Å². The molecule has 4 N–H and O–H groups in total. The Morgan fingerprint density at radius 2 is 2.22 bits per heavy atom. The van der Waals surface area contributed by atoms with Crippen LogP contribution in [-0.2, 0) is 4.79 Å². The monoisotopic (exact) mass is 318 g/mol. The molecule has 0 radical (unpaired) electrons. The third-order valence-corrected chi connectivity index (χ3v) is 3.86. The highest BCUT2D eigenvalue weighted by molar-refractivity contribution is 5.78. The van der Waals surface area contributed by atoms with Gasteiger partial charge in [0.15, 0.2) is 0 Å². The predicted molar refractivity (Wildman–Crippen MR) is 93.9 cm³/mol. The summed E-state index contributed by atoms with van der Waals surface area (Å²) in [4.78, 5) is 19.7. The second kappa shape index (κ2) is 9.74. The van der Waals surface area contributed by atoms with Crippen LogP contribution in [0.3, 0.4) is 0 Å². The Morgan fingerprint density at radius 1 is 1.48 bits per heavy atom. The maximum Gasteiger partial charge on any atom is 0.223 e. The first kappa shape index (κ1) is 18.8. The summed E-state index contributed by atoms with van der Waals surface area (Å²) in [5.41, 5.74) is 8.03. The molecule has 0 spiro atoms.